The number of nitrogens with zero attached hydrogens (tertiary/aromatic N) is 1. The third-order valence-electron chi connectivity index (χ3n) is 2.61. The van der Waals surface area contributed by atoms with Crippen LogP contribution in [0.25, 0.3) is 0 Å². The Bertz CT molecular complexity index is 540. The van der Waals surface area contributed by atoms with E-state index in [0.29, 0.717) is 12.1 Å². The van der Waals surface area contributed by atoms with E-state index in [4.69, 9.17) is 0 Å². The molecule has 1 aromatic heterocycles. The first kappa shape index (κ1) is 13.1. The average Bonchev–Trinajstić information content (AvgIpc) is 2.77. The van der Waals surface area contributed by atoms with Crippen molar-refractivity contribution in [3.8, 4) is 0 Å². The van der Waals surface area contributed by atoms with Crippen molar-refractivity contribution in [1.82, 2.24) is 10.3 Å². The standard InChI is InChI=1S/C13H14F2N2S/c1-8-6-17-13(18-8)9(2)16-7-10-3-4-11(14)12(15)5-10/h3-6,9,16H,7H2,1-2H3. The van der Waals surface area contributed by atoms with Gasteiger partial charge in [-0.15, -0.1) is 11.3 Å². The van der Waals surface area contributed by atoms with Gasteiger partial charge in [0.25, 0.3) is 0 Å². The first-order valence-corrected chi connectivity index (χ1v) is 6.47. The second kappa shape index (κ2) is 5.54. The Balaban J connectivity index is 1.97. The molecule has 96 valence electrons. The molecule has 1 aromatic carbocycles. The van der Waals surface area contributed by atoms with Gasteiger partial charge in [0.15, 0.2) is 11.6 Å². The number of thiazole rings is 1. The Labute approximate surface area is 109 Å². The van der Waals surface area contributed by atoms with E-state index in [0.717, 1.165) is 16.0 Å². The predicted molar refractivity (Wildman–Crippen MR) is 68.5 cm³/mol. The smallest absolute Gasteiger partial charge is 0.159 e. The van der Waals surface area contributed by atoms with Gasteiger partial charge in [-0.05, 0) is 31.5 Å². The molecule has 1 heterocycles. The molecule has 0 aliphatic heterocycles. The highest BCUT2D eigenvalue weighted by Gasteiger charge is 2.09. The van der Waals surface area contributed by atoms with E-state index in [-0.39, 0.29) is 6.04 Å². The summed E-state index contributed by atoms with van der Waals surface area (Å²) >= 11 is 1.63. The van der Waals surface area contributed by atoms with Crippen molar-refractivity contribution in [3.63, 3.8) is 0 Å². The molecule has 1 N–H and O–H groups in total. The van der Waals surface area contributed by atoms with E-state index in [1.807, 2.05) is 20.0 Å². The molecule has 2 aromatic rings. The monoisotopic (exact) mass is 268 g/mol. The maximum absolute atomic E-state index is 13.0. The molecular weight excluding hydrogens is 254 g/mol. The van der Waals surface area contributed by atoms with E-state index in [9.17, 15) is 8.78 Å². The lowest BCUT2D eigenvalue weighted by Gasteiger charge is -2.11. The zero-order chi connectivity index (χ0) is 13.1. The third kappa shape index (κ3) is 3.11. The Morgan fingerprint density at radius 2 is 2.11 bits per heavy atom. The zero-order valence-corrected chi connectivity index (χ0v) is 11.0. The van der Waals surface area contributed by atoms with Crippen molar-refractivity contribution in [1.29, 1.82) is 0 Å². The summed E-state index contributed by atoms with van der Waals surface area (Å²) in [5.74, 6) is -1.63. The summed E-state index contributed by atoms with van der Waals surface area (Å²) in [6.45, 7) is 4.48. The van der Waals surface area contributed by atoms with Gasteiger partial charge in [-0.2, -0.15) is 0 Å². The van der Waals surface area contributed by atoms with Crippen LogP contribution in [-0.2, 0) is 6.54 Å². The summed E-state index contributed by atoms with van der Waals surface area (Å²) in [4.78, 5) is 5.44. The van der Waals surface area contributed by atoms with E-state index >= 15 is 0 Å². The minimum Gasteiger partial charge on any atom is -0.304 e. The van der Waals surface area contributed by atoms with Crippen molar-refractivity contribution in [2.45, 2.75) is 26.4 Å². The molecule has 0 fully saturated rings. The Morgan fingerprint density at radius 1 is 1.33 bits per heavy atom. The summed E-state index contributed by atoms with van der Waals surface area (Å²) in [5, 5.41) is 4.23. The van der Waals surface area contributed by atoms with Crippen LogP contribution >= 0.6 is 11.3 Å². The van der Waals surface area contributed by atoms with E-state index < -0.39 is 11.6 Å². The molecule has 0 aliphatic rings. The number of rotatable bonds is 4. The third-order valence-corrected chi connectivity index (χ3v) is 3.70. The van der Waals surface area contributed by atoms with Crippen LogP contribution in [0.3, 0.4) is 0 Å². The van der Waals surface area contributed by atoms with Gasteiger partial charge in [0, 0.05) is 17.6 Å². The van der Waals surface area contributed by atoms with Gasteiger partial charge in [0.05, 0.1) is 6.04 Å². The first-order valence-electron chi connectivity index (χ1n) is 5.66. The minimum atomic E-state index is -0.817. The van der Waals surface area contributed by atoms with Crippen LogP contribution in [0.1, 0.15) is 28.4 Å². The highest BCUT2D eigenvalue weighted by atomic mass is 32.1. The molecule has 0 spiro atoms. The van der Waals surface area contributed by atoms with Crippen molar-refractivity contribution >= 4 is 11.3 Å². The number of hydrogen-bond donors (Lipinski definition) is 1. The molecular formula is C13H14F2N2S. The fourth-order valence-corrected chi connectivity index (χ4v) is 2.38. The molecule has 0 radical (unpaired) electrons. The maximum Gasteiger partial charge on any atom is 0.159 e. The molecule has 0 saturated heterocycles. The van der Waals surface area contributed by atoms with Crippen molar-refractivity contribution in [2.24, 2.45) is 0 Å². The molecule has 2 nitrogen and oxygen atoms in total. The van der Waals surface area contributed by atoms with Crippen molar-refractivity contribution in [2.75, 3.05) is 0 Å². The van der Waals surface area contributed by atoms with Crippen LogP contribution in [0.4, 0.5) is 8.78 Å². The van der Waals surface area contributed by atoms with Crippen molar-refractivity contribution in [3.05, 3.63) is 51.5 Å². The normalized spacial score (nSPS) is 12.7. The van der Waals surface area contributed by atoms with Crippen LogP contribution in [0.2, 0.25) is 0 Å². The van der Waals surface area contributed by atoms with Gasteiger partial charge >= 0.3 is 0 Å². The van der Waals surface area contributed by atoms with E-state index in [1.165, 1.54) is 6.07 Å². The highest BCUT2D eigenvalue weighted by Crippen LogP contribution is 2.19. The number of benzene rings is 1. The lowest BCUT2D eigenvalue weighted by molar-refractivity contribution is 0.503. The van der Waals surface area contributed by atoms with Crippen LogP contribution in [-0.4, -0.2) is 4.98 Å². The molecule has 0 saturated carbocycles. The van der Waals surface area contributed by atoms with Gasteiger partial charge in [-0.25, -0.2) is 13.8 Å². The minimum absolute atomic E-state index is 0.0943. The number of nitrogens with one attached hydrogen (secondary N) is 1. The SMILES string of the molecule is Cc1cnc(C(C)NCc2ccc(F)c(F)c2)s1. The van der Waals surface area contributed by atoms with E-state index in [2.05, 4.69) is 10.3 Å². The molecule has 0 bridgehead atoms. The van der Waals surface area contributed by atoms with Gasteiger partial charge in [0.1, 0.15) is 5.01 Å². The molecule has 2 rings (SSSR count). The topological polar surface area (TPSA) is 24.9 Å². The quantitative estimate of drug-likeness (QED) is 0.916. The zero-order valence-electron chi connectivity index (χ0n) is 10.2. The number of halogens is 2. The molecule has 0 aliphatic carbocycles. The van der Waals surface area contributed by atoms with Gasteiger partial charge < -0.3 is 5.32 Å². The highest BCUT2D eigenvalue weighted by molar-refractivity contribution is 7.11. The number of hydrogen-bond acceptors (Lipinski definition) is 3. The molecule has 1 unspecified atom stereocenters. The fourth-order valence-electron chi connectivity index (χ4n) is 1.58. The van der Waals surface area contributed by atoms with Crippen LogP contribution < -0.4 is 5.32 Å². The Hall–Kier alpha value is -1.33. The first-order chi connectivity index (χ1) is 8.56. The van der Waals surface area contributed by atoms with Gasteiger partial charge in [-0.1, -0.05) is 6.07 Å². The van der Waals surface area contributed by atoms with Crippen molar-refractivity contribution < 1.29 is 8.78 Å². The number of aromatic nitrogens is 1. The Morgan fingerprint density at radius 3 is 2.72 bits per heavy atom. The summed E-state index contributed by atoms with van der Waals surface area (Å²) in [5.41, 5.74) is 0.717. The lowest BCUT2D eigenvalue weighted by Crippen LogP contribution is -2.18. The summed E-state index contributed by atoms with van der Waals surface area (Å²) < 4.78 is 25.8. The second-order valence-corrected chi connectivity index (χ2v) is 5.43. The maximum atomic E-state index is 13.0. The second-order valence-electron chi connectivity index (χ2n) is 4.16. The van der Waals surface area contributed by atoms with Crippen LogP contribution in [0, 0.1) is 18.6 Å². The van der Waals surface area contributed by atoms with Gasteiger partial charge in [0.2, 0.25) is 0 Å². The van der Waals surface area contributed by atoms with Crippen LogP contribution in [0.5, 0.6) is 0 Å². The number of aryl methyl sites for hydroxylation is 1. The van der Waals surface area contributed by atoms with Gasteiger partial charge in [-0.3, -0.25) is 0 Å². The predicted octanol–water partition coefficient (Wildman–Crippen LogP) is 3.58. The fraction of sp³-hybridized carbons (Fsp3) is 0.308. The van der Waals surface area contributed by atoms with Crippen LogP contribution in [0.15, 0.2) is 24.4 Å². The molecule has 1 atom stereocenters. The summed E-state index contributed by atoms with van der Waals surface area (Å²) in [7, 11) is 0. The van der Waals surface area contributed by atoms with E-state index in [1.54, 1.807) is 17.4 Å². The lowest BCUT2D eigenvalue weighted by atomic mass is 10.2. The largest absolute Gasteiger partial charge is 0.304 e. The summed E-state index contributed by atoms with van der Waals surface area (Å²) in [6.07, 6.45) is 1.83. The molecule has 0 amide bonds. The molecule has 18 heavy (non-hydrogen) atoms. The summed E-state index contributed by atoms with van der Waals surface area (Å²) in [6, 6.07) is 4.02. The average molecular weight is 268 g/mol. The Kier molecular flexibility index (Phi) is 4.04. The molecule has 5 heteroatoms.